The van der Waals surface area contributed by atoms with Gasteiger partial charge in [0.1, 0.15) is 0 Å². The van der Waals surface area contributed by atoms with Gasteiger partial charge < -0.3 is 20.7 Å². The second-order valence-corrected chi connectivity index (χ2v) is 4.91. The normalized spacial score (nSPS) is 12.5. The zero-order chi connectivity index (χ0) is 14.4. The second-order valence-electron chi connectivity index (χ2n) is 4.91. The average Bonchev–Trinajstić information content (AvgIpc) is 2.36. The first-order chi connectivity index (χ1) is 8.95. The fourth-order valence-electron chi connectivity index (χ4n) is 1.48. The Kier molecular flexibility index (Phi) is 5.89. The van der Waals surface area contributed by atoms with Crippen LogP contribution in [0.3, 0.4) is 0 Å². The van der Waals surface area contributed by atoms with Crippen LogP contribution in [0, 0.1) is 5.82 Å². The zero-order valence-corrected chi connectivity index (χ0v) is 12.2. The molecule has 0 aliphatic rings. The molecule has 0 aliphatic carbocycles. The molecule has 1 atom stereocenters. The van der Waals surface area contributed by atoms with Crippen molar-refractivity contribution in [1.82, 2.24) is 4.90 Å². The molecule has 1 rings (SSSR count). The highest BCUT2D eigenvalue weighted by atomic mass is 19.1. The molecule has 1 aromatic carbocycles. The van der Waals surface area contributed by atoms with Crippen LogP contribution in [0.15, 0.2) is 12.1 Å². The van der Waals surface area contributed by atoms with E-state index in [-0.39, 0.29) is 5.75 Å². The third-order valence-corrected chi connectivity index (χ3v) is 3.04. The molecule has 3 N–H and O–H groups in total. The first kappa shape index (κ1) is 15.6. The number of ether oxygens (including phenoxy) is 1. The largest absolute Gasteiger partial charge is 0.490 e. The number of rotatable bonds is 7. The van der Waals surface area contributed by atoms with Gasteiger partial charge in [-0.05, 0) is 27.4 Å². The third-order valence-electron chi connectivity index (χ3n) is 3.04. The molecule has 0 amide bonds. The molecule has 1 unspecified atom stereocenters. The fourth-order valence-corrected chi connectivity index (χ4v) is 1.48. The molecule has 19 heavy (non-hydrogen) atoms. The van der Waals surface area contributed by atoms with Gasteiger partial charge in [-0.3, -0.25) is 0 Å². The molecule has 0 spiro atoms. The van der Waals surface area contributed by atoms with Crippen molar-refractivity contribution in [3.8, 4) is 5.75 Å². The van der Waals surface area contributed by atoms with Crippen LogP contribution in [0.1, 0.15) is 20.3 Å². The quantitative estimate of drug-likeness (QED) is 0.747. The maximum absolute atomic E-state index is 13.6. The van der Waals surface area contributed by atoms with Crippen LogP contribution in [-0.2, 0) is 0 Å². The topological polar surface area (TPSA) is 50.5 Å². The minimum Gasteiger partial charge on any atom is -0.490 e. The van der Waals surface area contributed by atoms with Crippen LogP contribution in [0.5, 0.6) is 5.75 Å². The molecule has 4 nitrogen and oxygen atoms in total. The molecule has 0 saturated heterocycles. The summed E-state index contributed by atoms with van der Waals surface area (Å²) in [4.78, 5) is 2.10. The summed E-state index contributed by atoms with van der Waals surface area (Å²) in [5, 5.41) is 3.22. The smallest absolute Gasteiger partial charge is 0.167 e. The van der Waals surface area contributed by atoms with Crippen molar-refractivity contribution in [3.05, 3.63) is 17.9 Å². The number of hydrogen-bond donors (Lipinski definition) is 2. The van der Waals surface area contributed by atoms with Crippen LogP contribution < -0.4 is 15.8 Å². The highest BCUT2D eigenvalue weighted by molar-refractivity contribution is 5.68. The maximum atomic E-state index is 13.6. The molecule has 1 aromatic rings. The number of anilines is 2. The summed E-state index contributed by atoms with van der Waals surface area (Å²) in [7, 11) is 4.02. The van der Waals surface area contributed by atoms with E-state index in [0.29, 0.717) is 24.0 Å². The summed E-state index contributed by atoms with van der Waals surface area (Å²) in [6.07, 6.45) is 0.838. The molecule has 0 fully saturated rings. The van der Waals surface area contributed by atoms with Gasteiger partial charge in [0.25, 0.3) is 0 Å². The number of likely N-dealkylation sites (N-methyl/N-ethyl adjacent to an activating group) is 1. The molecule has 0 bridgehead atoms. The molecule has 0 radical (unpaired) electrons. The number of nitrogens with zero attached hydrogens (tertiary/aromatic N) is 1. The average molecular weight is 269 g/mol. The number of nitrogens with one attached hydrogen (secondary N) is 1. The van der Waals surface area contributed by atoms with E-state index in [4.69, 9.17) is 10.5 Å². The van der Waals surface area contributed by atoms with Crippen LogP contribution in [0.25, 0.3) is 0 Å². The monoisotopic (exact) mass is 269 g/mol. The standard InChI is InChI=1S/C14H24FN3O/c1-5-6-19-14-8-13(12(16)7-11(14)15)17-9-10(2)18(3)4/h7-8,10,17H,5-6,9,16H2,1-4H3. The second kappa shape index (κ2) is 7.19. The first-order valence-corrected chi connectivity index (χ1v) is 6.57. The summed E-state index contributed by atoms with van der Waals surface area (Å²) >= 11 is 0. The van der Waals surface area contributed by atoms with Crippen molar-refractivity contribution >= 4 is 11.4 Å². The Morgan fingerprint density at radius 2 is 2.11 bits per heavy atom. The van der Waals surface area contributed by atoms with Crippen LogP contribution in [0.4, 0.5) is 15.8 Å². The summed E-state index contributed by atoms with van der Waals surface area (Å²) in [5.74, 6) is -0.173. The van der Waals surface area contributed by atoms with Crippen LogP contribution in [-0.4, -0.2) is 38.2 Å². The molecule has 108 valence electrons. The summed E-state index contributed by atoms with van der Waals surface area (Å²) in [5.41, 5.74) is 6.91. The van der Waals surface area contributed by atoms with Gasteiger partial charge in [-0.15, -0.1) is 0 Å². The molecular formula is C14H24FN3O. The Bertz CT molecular complexity index is 410. The van der Waals surface area contributed by atoms with Crippen LogP contribution >= 0.6 is 0 Å². The van der Waals surface area contributed by atoms with Gasteiger partial charge >= 0.3 is 0 Å². The van der Waals surface area contributed by atoms with E-state index in [2.05, 4.69) is 17.1 Å². The predicted molar refractivity (Wildman–Crippen MR) is 78.2 cm³/mol. The highest BCUT2D eigenvalue weighted by Crippen LogP contribution is 2.28. The predicted octanol–water partition coefficient (Wildman–Crippen LogP) is 2.56. The number of halogens is 1. The lowest BCUT2D eigenvalue weighted by molar-refractivity contribution is 0.301. The minimum absolute atomic E-state index is 0.246. The number of hydrogen-bond acceptors (Lipinski definition) is 4. The van der Waals surface area contributed by atoms with E-state index in [1.807, 2.05) is 21.0 Å². The van der Waals surface area contributed by atoms with Gasteiger partial charge in [-0.2, -0.15) is 0 Å². The zero-order valence-electron chi connectivity index (χ0n) is 12.2. The number of nitrogen functional groups attached to an aromatic ring is 1. The Labute approximate surface area is 114 Å². The van der Waals surface area contributed by atoms with E-state index in [1.54, 1.807) is 6.07 Å². The van der Waals surface area contributed by atoms with Gasteiger partial charge in [-0.1, -0.05) is 6.92 Å². The Balaban J connectivity index is 2.76. The Hall–Kier alpha value is -1.49. The van der Waals surface area contributed by atoms with E-state index in [1.165, 1.54) is 6.07 Å². The van der Waals surface area contributed by atoms with E-state index in [9.17, 15) is 4.39 Å². The lowest BCUT2D eigenvalue weighted by atomic mass is 10.2. The van der Waals surface area contributed by atoms with E-state index in [0.717, 1.165) is 13.0 Å². The minimum atomic E-state index is -0.419. The number of benzene rings is 1. The van der Waals surface area contributed by atoms with E-state index >= 15 is 0 Å². The molecule has 0 heterocycles. The summed E-state index contributed by atoms with van der Waals surface area (Å²) in [6, 6.07) is 3.28. The highest BCUT2D eigenvalue weighted by Gasteiger charge is 2.10. The van der Waals surface area contributed by atoms with Gasteiger partial charge in [0, 0.05) is 24.7 Å². The van der Waals surface area contributed by atoms with Gasteiger partial charge in [0.05, 0.1) is 18.0 Å². The molecule has 0 aromatic heterocycles. The van der Waals surface area contributed by atoms with Gasteiger partial charge in [0.2, 0.25) is 0 Å². The summed E-state index contributed by atoms with van der Waals surface area (Å²) in [6.45, 7) is 5.30. The van der Waals surface area contributed by atoms with E-state index < -0.39 is 5.82 Å². The molecule has 0 aliphatic heterocycles. The molecular weight excluding hydrogens is 245 g/mol. The van der Waals surface area contributed by atoms with Crippen molar-refractivity contribution in [3.63, 3.8) is 0 Å². The molecule has 5 heteroatoms. The fraction of sp³-hybridized carbons (Fsp3) is 0.571. The SMILES string of the molecule is CCCOc1cc(NCC(C)N(C)C)c(N)cc1F. The Morgan fingerprint density at radius 1 is 1.42 bits per heavy atom. The number of nitrogens with two attached hydrogens (primary N) is 1. The maximum Gasteiger partial charge on any atom is 0.167 e. The van der Waals surface area contributed by atoms with Crippen molar-refractivity contribution in [2.75, 3.05) is 38.3 Å². The summed E-state index contributed by atoms with van der Waals surface area (Å²) < 4.78 is 19.0. The lowest BCUT2D eigenvalue weighted by Crippen LogP contribution is -2.31. The third kappa shape index (κ3) is 4.59. The first-order valence-electron chi connectivity index (χ1n) is 6.57. The van der Waals surface area contributed by atoms with Crippen molar-refractivity contribution in [1.29, 1.82) is 0 Å². The van der Waals surface area contributed by atoms with Crippen molar-refractivity contribution < 1.29 is 9.13 Å². The van der Waals surface area contributed by atoms with Gasteiger partial charge in [0.15, 0.2) is 11.6 Å². The Morgan fingerprint density at radius 3 is 2.68 bits per heavy atom. The lowest BCUT2D eigenvalue weighted by Gasteiger charge is -2.21. The van der Waals surface area contributed by atoms with Crippen molar-refractivity contribution in [2.45, 2.75) is 26.3 Å². The molecule has 0 saturated carbocycles. The van der Waals surface area contributed by atoms with Crippen LogP contribution in [0.2, 0.25) is 0 Å². The van der Waals surface area contributed by atoms with Gasteiger partial charge in [-0.25, -0.2) is 4.39 Å². The van der Waals surface area contributed by atoms with Crippen molar-refractivity contribution in [2.24, 2.45) is 0 Å².